The number of ether oxygens (including phenoxy) is 1. The Hall–Kier alpha value is -1.51. The molecule has 1 unspecified atom stereocenters. The van der Waals surface area contributed by atoms with Gasteiger partial charge in [-0.25, -0.2) is 0 Å². The van der Waals surface area contributed by atoms with Gasteiger partial charge in [-0.15, -0.1) is 24.0 Å². The average Bonchev–Trinajstić information content (AvgIpc) is 3.15. The van der Waals surface area contributed by atoms with Crippen LogP contribution in [0.4, 0.5) is 0 Å². The second-order valence-electron chi connectivity index (χ2n) is 9.18. The van der Waals surface area contributed by atoms with E-state index in [0.29, 0.717) is 6.54 Å². The average molecular weight is 528 g/mol. The van der Waals surface area contributed by atoms with Crippen molar-refractivity contribution < 1.29 is 9.53 Å². The maximum atomic E-state index is 12.9. The van der Waals surface area contributed by atoms with Crippen LogP contribution < -0.4 is 15.4 Å². The molecule has 6 nitrogen and oxygen atoms in total. The van der Waals surface area contributed by atoms with Crippen LogP contribution in [0.2, 0.25) is 0 Å². The summed E-state index contributed by atoms with van der Waals surface area (Å²) < 4.78 is 6.16. The Morgan fingerprint density at radius 3 is 2.53 bits per heavy atom. The Labute approximate surface area is 198 Å². The number of benzene rings is 1. The Morgan fingerprint density at radius 2 is 1.90 bits per heavy atom. The molecule has 2 aliphatic rings. The molecule has 1 aromatic rings. The van der Waals surface area contributed by atoms with Crippen molar-refractivity contribution >= 4 is 35.8 Å². The van der Waals surface area contributed by atoms with Gasteiger partial charge in [0.15, 0.2) is 5.96 Å². The van der Waals surface area contributed by atoms with Crippen molar-refractivity contribution in [2.75, 3.05) is 27.2 Å². The lowest BCUT2D eigenvalue weighted by atomic mass is 9.84. The van der Waals surface area contributed by atoms with E-state index < -0.39 is 0 Å². The van der Waals surface area contributed by atoms with E-state index in [-0.39, 0.29) is 46.9 Å². The van der Waals surface area contributed by atoms with Crippen molar-refractivity contribution in [1.82, 2.24) is 15.5 Å². The van der Waals surface area contributed by atoms with Crippen LogP contribution in [0.3, 0.4) is 0 Å². The van der Waals surface area contributed by atoms with Crippen LogP contribution in [0.15, 0.2) is 29.3 Å². The van der Waals surface area contributed by atoms with Gasteiger partial charge in [-0.3, -0.25) is 9.79 Å². The second kappa shape index (κ2) is 10.2. The van der Waals surface area contributed by atoms with E-state index in [1.54, 1.807) is 4.90 Å². The number of halogens is 1. The van der Waals surface area contributed by atoms with Crippen LogP contribution in [-0.4, -0.2) is 49.6 Å². The molecule has 1 aliphatic carbocycles. The summed E-state index contributed by atoms with van der Waals surface area (Å²) in [5, 5.41) is 6.98. The van der Waals surface area contributed by atoms with Gasteiger partial charge < -0.3 is 20.3 Å². The van der Waals surface area contributed by atoms with E-state index in [1.807, 2.05) is 32.3 Å². The Bertz CT molecular complexity index is 757. The number of para-hydroxylation sites is 1. The van der Waals surface area contributed by atoms with Crippen molar-refractivity contribution in [3.05, 3.63) is 29.8 Å². The predicted molar refractivity (Wildman–Crippen MR) is 133 cm³/mol. The van der Waals surface area contributed by atoms with Gasteiger partial charge in [0.1, 0.15) is 11.4 Å². The minimum Gasteiger partial charge on any atom is -0.487 e. The van der Waals surface area contributed by atoms with Gasteiger partial charge in [0.05, 0.1) is 18.0 Å². The van der Waals surface area contributed by atoms with Crippen molar-refractivity contribution in [1.29, 1.82) is 0 Å². The maximum absolute atomic E-state index is 12.9. The first-order chi connectivity index (χ1) is 13.8. The van der Waals surface area contributed by atoms with Gasteiger partial charge in [-0.1, -0.05) is 31.0 Å². The molecule has 1 amide bonds. The van der Waals surface area contributed by atoms with Crippen molar-refractivity contribution in [2.24, 2.45) is 10.4 Å². The summed E-state index contributed by atoms with van der Waals surface area (Å²) in [5.74, 6) is 1.89. The molecule has 0 radical (unpaired) electrons. The molecule has 1 fully saturated rings. The zero-order chi connectivity index (χ0) is 21.1. The highest BCUT2D eigenvalue weighted by molar-refractivity contribution is 14.0. The normalized spacial score (nSPS) is 21.6. The number of nitrogens with one attached hydrogen (secondary N) is 2. The number of carbonyl (C=O) groups is 1. The molecule has 0 aromatic heterocycles. The largest absolute Gasteiger partial charge is 0.487 e. The molecule has 0 saturated heterocycles. The number of rotatable bonds is 5. The van der Waals surface area contributed by atoms with Crippen molar-refractivity contribution in [3.63, 3.8) is 0 Å². The lowest BCUT2D eigenvalue weighted by Crippen LogP contribution is -2.46. The summed E-state index contributed by atoms with van der Waals surface area (Å²) in [7, 11) is 3.69. The number of amides is 1. The quantitative estimate of drug-likeness (QED) is 0.343. The van der Waals surface area contributed by atoms with Crippen LogP contribution in [0.1, 0.15) is 64.5 Å². The van der Waals surface area contributed by atoms with Gasteiger partial charge >= 0.3 is 0 Å². The third kappa shape index (κ3) is 5.59. The lowest BCUT2D eigenvalue weighted by molar-refractivity contribution is -0.138. The van der Waals surface area contributed by atoms with Gasteiger partial charge in [0.25, 0.3) is 0 Å². The number of fused-ring (bicyclic) bond motifs is 1. The molecule has 1 atom stereocenters. The van der Waals surface area contributed by atoms with Crippen LogP contribution in [0, 0.1) is 5.41 Å². The number of hydrogen-bond acceptors (Lipinski definition) is 3. The Kier molecular flexibility index (Phi) is 8.42. The molecule has 2 N–H and O–H groups in total. The van der Waals surface area contributed by atoms with Gasteiger partial charge in [0.2, 0.25) is 5.91 Å². The first-order valence-corrected chi connectivity index (χ1v) is 10.8. The smallest absolute Gasteiger partial charge is 0.230 e. The fraction of sp³-hybridized carbons (Fsp3) is 0.652. The standard InChI is InChI=1S/C23H36N4O2.HI/c1-6-24-21(25-16-23(13-9-10-14-23)20(28)27(4)5)26-18-15-22(2,3)29-19-12-8-7-11-17(18)19;/h7-8,11-12,18H,6,9-10,13-16H2,1-5H3,(H2,24,25,26);1H. The first-order valence-electron chi connectivity index (χ1n) is 10.8. The highest BCUT2D eigenvalue weighted by atomic mass is 127. The molecule has 1 heterocycles. The summed E-state index contributed by atoms with van der Waals surface area (Å²) in [6.45, 7) is 7.59. The highest BCUT2D eigenvalue weighted by Gasteiger charge is 2.42. The molecule has 7 heteroatoms. The second-order valence-corrected chi connectivity index (χ2v) is 9.18. The van der Waals surface area contributed by atoms with E-state index in [0.717, 1.165) is 55.9 Å². The molecule has 30 heavy (non-hydrogen) atoms. The van der Waals surface area contributed by atoms with E-state index in [1.165, 1.54) is 0 Å². The zero-order valence-electron chi connectivity index (χ0n) is 19.0. The van der Waals surface area contributed by atoms with Crippen molar-refractivity contribution in [2.45, 2.75) is 64.5 Å². The Morgan fingerprint density at radius 1 is 1.23 bits per heavy atom. The number of guanidine groups is 1. The van der Waals surface area contributed by atoms with Crippen LogP contribution in [0.5, 0.6) is 5.75 Å². The molecular formula is C23H37IN4O2. The van der Waals surface area contributed by atoms with Crippen molar-refractivity contribution in [3.8, 4) is 5.75 Å². The molecule has 168 valence electrons. The monoisotopic (exact) mass is 528 g/mol. The van der Waals surface area contributed by atoms with Crippen LogP contribution in [-0.2, 0) is 4.79 Å². The molecule has 0 spiro atoms. The number of nitrogens with zero attached hydrogens (tertiary/aromatic N) is 2. The maximum Gasteiger partial charge on any atom is 0.230 e. The molecule has 1 aliphatic heterocycles. The minimum absolute atomic E-state index is 0. The van der Waals surface area contributed by atoms with E-state index in [4.69, 9.17) is 9.73 Å². The minimum atomic E-state index is -0.362. The topological polar surface area (TPSA) is 66.0 Å². The third-order valence-electron chi connectivity index (χ3n) is 5.99. The summed E-state index contributed by atoms with van der Waals surface area (Å²) >= 11 is 0. The van der Waals surface area contributed by atoms with Gasteiger partial charge in [-0.2, -0.15) is 0 Å². The van der Waals surface area contributed by atoms with Crippen LogP contribution >= 0.6 is 24.0 Å². The fourth-order valence-corrected chi connectivity index (χ4v) is 4.61. The molecular weight excluding hydrogens is 491 g/mol. The lowest BCUT2D eigenvalue weighted by Gasteiger charge is -2.38. The number of aliphatic imine (C=N–C) groups is 1. The number of hydrogen-bond donors (Lipinski definition) is 2. The van der Waals surface area contributed by atoms with E-state index >= 15 is 0 Å². The molecule has 0 bridgehead atoms. The summed E-state index contributed by atoms with van der Waals surface area (Å²) in [4.78, 5) is 19.5. The molecule has 1 aromatic carbocycles. The van der Waals surface area contributed by atoms with Gasteiger partial charge in [0, 0.05) is 32.6 Å². The van der Waals surface area contributed by atoms with E-state index in [2.05, 4.69) is 37.5 Å². The summed E-state index contributed by atoms with van der Waals surface area (Å²) in [6, 6.07) is 8.30. The Balaban J connectivity index is 0.00000320. The van der Waals surface area contributed by atoms with Crippen LogP contribution in [0.25, 0.3) is 0 Å². The molecule has 3 rings (SSSR count). The third-order valence-corrected chi connectivity index (χ3v) is 5.99. The highest BCUT2D eigenvalue weighted by Crippen LogP contribution is 2.41. The summed E-state index contributed by atoms with van der Waals surface area (Å²) in [5.41, 5.74) is 0.535. The summed E-state index contributed by atoms with van der Waals surface area (Å²) in [6.07, 6.45) is 4.87. The number of carbonyl (C=O) groups excluding carboxylic acids is 1. The zero-order valence-corrected chi connectivity index (χ0v) is 21.3. The van der Waals surface area contributed by atoms with E-state index in [9.17, 15) is 4.79 Å². The first kappa shape index (κ1) is 24.8. The predicted octanol–water partition coefficient (Wildman–Crippen LogP) is 4.11. The SMILES string of the molecule is CCNC(=NCC1(C(=O)N(C)C)CCCC1)NC1CC(C)(C)Oc2ccccc21.I. The van der Waals surface area contributed by atoms with Gasteiger partial charge in [-0.05, 0) is 39.7 Å². The fourth-order valence-electron chi connectivity index (χ4n) is 4.61. The molecule has 1 saturated carbocycles.